The summed E-state index contributed by atoms with van der Waals surface area (Å²) in [6.07, 6.45) is 2.32. The molecule has 4 rings (SSSR count). The number of hydrogen-bond acceptors (Lipinski definition) is 7. The van der Waals surface area contributed by atoms with Crippen molar-refractivity contribution in [2.24, 2.45) is 0 Å². The topological polar surface area (TPSA) is 74.2 Å². The van der Waals surface area contributed by atoms with Gasteiger partial charge in [0.05, 0.1) is 27.9 Å². The summed E-state index contributed by atoms with van der Waals surface area (Å²) in [5, 5.41) is 14.7. The van der Waals surface area contributed by atoms with Crippen molar-refractivity contribution >= 4 is 44.9 Å². The highest BCUT2D eigenvalue weighted by molar-refractivity contribution is 7.21. The Bertz CT molecular complexity index is 911. The van der Waals surface area contributed by atoms with Crippen molar-refractivity contribution in [1.29, 1.82) is 0 Å². The van der Waals surface area contributed by atoms with Crippen molar-refractivity contribution in [3.63, 3.8) is 0 Å². The Hall–Kier alpha value is -1.96. The first kappa shape index (κ1) is 17.5. The molecule has 1 unspecified atom stereocenters. The molecule has 136 valence electrons. The van der Waals surface area contributed by atoms with Crippen LogP contribution in [-0.4, -0.2) is 46.3 Å². The lowest BCUT2D eigenvalue weighted by Crippen LogP contribution is -2.29. The third-order valence-corrected chi connectivity index (χ3v) is 5.89. The maximum atomic E-state index is 10.2. The van der Waals surface area contributed by atoms with Gasteiger partial charge in [-0.1, -0.05) is 23.7 Å². The van der Waals surface area contributed by atoms with Gasteiger partial charge in [-0.25, -0.2) is 9.97 Å². The number of aliphatic hydroxyl groups excluding tert-OH is 1. The fraction of sp³-hybridized carbons (Fsp3) is 0.389. The standard InChI is InChI=1S/C18H20ClN5OS/c1-24(2)18-22-15(19)14(16(23-18)20-10-7-5-8-12(10)25)17-21-11-6-3-4-9-13(11)26-17/h3-4,6,9-10,12,25H,5,7-8H2,1-2H3,(H,20,22,23)/t10-,12?/m1/s1. The molecule has 8 heteroatoms. The maximum Gasteiger partial charge on any atom is 0.228 e. The molecule has 3 aromatic rings. The van der Waals surface area contributed by atoms with Gasteiger partial charge in [-0.3, -0.25) is 0 Å². The third kappa shape index (κ3) is 3.22. The SMILES string of the molecule is CN(C)c1nc(Cl)c(-c2nc3ccccc3s2)c(N[C@@H]2CCCC2O)n1. The zero-order valence-electron chi connectivity index (χ0n) is 14.6. The van der Waals surface area contributed by atoms with Gasteiger partial charge < -0.3 is 15.3 Å². The Morgan fingerprint density at radius 3 is 2.69 bits per heavy atom. The number of anilines is 2. The molecule has 2 heterocycles. The quantitative estimate of drug-likeness (QED) is 0.661. The van der Waals surface area contributed by atoms with Crippen molar-refractivity contribution in [2.45, 2.75) is 31.4 Å². The Morgan fingerprint density at radius 1 is 1.19 bits per heavy atom. The van der Waals surface area contributed by atoms with Gasteiger partial charge in [0.15, 0.2) is 0 Å². The first-order valence-corrected chi connectivity index (χ1v) is 9.78. The van der Waals surface area contributed by atoms with Gasteiger partial charge in [-0.2, -0.15) is 4.98 Å². The summed E-state index contributed by atoms with van der Waals surface area (Å²) in [5.41, 5.74) is 1.62. The molecular weight excluding hydrogens is 370 g/mol. The van der Waals surface area contributed by atoms with Crippen LogP contribution in [0.25, 0.3) is 20.8 Å². The fourth-order valence-corrected chi connectivity index (χ4v) is 4.50. The molecule has 26 heavy (non-hydrogen) atoms. The summed E-state index contributed by atoms with van der Waals surface area (Å²) in [6.45, 7) is 0. The molecule has 0 amide bonds. The number of hydrogen-bond donors (Lipinski definition) is 2. The zero-order valence-corrected chi connectivity index (χ0v) is 16.2. The summed E-state index contributed by atoms with van der Waals surface area (Å²) >= 11 is 8.11. The molecule has 0 spiro atoms. The van der Waals surface area contributed by atoms with E-state index in [1.54, 1.807) is 11.3 Å². The molecular formula is C18H20ClN5OS. The zero-order chi connectivity index (χ0) is 18.3. The van der Waals surface area contributed by atoms with E-state index >= 15 is 0 Å². The molecule has 1 saturated carbocycles. The van der Waals surface area contributed by atoms with Crippen molar-refractivity contribution in [3.8, 4) is 10.6 Å². The number of nitrogens with one attached hydrogen (secondary N) is 1. The van der Waals surface area contributed by atoms with Gasteiger partial charge in [0.2, 0.25) is 5.95 Å². The number of fused-ring (bicyclic) bond motifs is 1. The molecule has 1 fully saturated rings. The van der Waals surface area contributed by atoms with Gasteiger partial charge in [-0.15, -0.1) is 11.3 Å². The Morgan fingerprint density at radius 2 is 2.00 bits per heavy atom. The molecule has 2 atom stereocenters. The minimum atomic E-state index is -0.380. The van der Waals surface area contributed by atoms with Gasteiger partial charge in [-0.05, 0) is 31.4 Å². The van der Waals surface area contributed by atoms with Crippen LogP contribution in [0, 0.1) is 0 Å². The lowest BCUT2D eigenvalue weighted by atomic mass is 10.2. The van der Waals surface area contributed by atoms with Crippen molar-refractivity contribution in [1.82, 2.24) is 15.0 Å². The van der Waals surface area contributed by atoms with E-state index in [-0.39, 0.29) is 12.1 Å². The number of rotatable bonds is 4. The van der Waals surface area contributed by atoms with Crippen LogP contribution in [0.5, 0.6) is 0 Å². The summed E-state index contributed by atoms with van der Waals surface area (Å²) in [7, 11) is 3.74. The first-order valence-electron chi connectivity index (χ1n) is 8.58. The third-order valence-electron chi connectivity index (χ3n) is 4.56. The van der Waals surface area contributed by atoms with Crippen LogP contribution in [0.2, 0.25) is 5.15 Å². The highest BCUT2D eigenvalue weighted by Gasteiger charge is 2.28. The second-order valence-electron chi connectivity index (χ2n) is 6.67. The smallest absolute Gasteiger partial charge is 0.228 e. The van der Waals surface area contributed by atoms with E-state index in [1.807, 2.05) is 43.3 Å². The number of aromatic nitrogens is 3. The lowest BCUT2D eigenvalue weighted by Gasteiger charge is -2.21. The summed E-state index contributed by atoms with van der Waals surface area (Å²) in [4.78, 5) is 15.6. The number of aliphatic hydroxyl groups is 1. The highest BCUT2D eigenvalue weighted by Crippen LogP contribution is 2.39. The van der Waals surface area contributed by atoms with Crippen LogP contribution in [0.3, 0.4) is 0 Å². The van der Waals surface area contributed by atoms with E-state index in [1.165, 1.54) is 0 Å². The number of para-hydroxylation sites is 1. The minimum absolute atomic E-state index is 0.0379. The molecule has 2 aromatic heterocycles. The fourth-order valence-electron chi connectivity index (χ4n) is 3.18. The average molecular weight is 390 g/mol. The average Bonchev–Trinajstić information content (AvgIpc) is 3.20. The molecule has 6 nitrogen and oxygen atoms in total. The highest BCUT2D eigenvalue weighted by atomic mass is 35.5. The minimum Gasteiger partial charge on any atom is -0.391 e. The van der Waals surface area contributed by atoms with Crippen molar-refractivity contribution in [2.75, 3.05) is 24.3 Å². The van der Waals surface area contributed by atoms with Crippen LogP contribution in [0.15, 0.2) is 24.3 Å². The summed E-state index contributed by atoms with van der Waals surface area (Å²) in [5.74, 6) is 1.15. The van der Waals surface area contributed by atoms with Crippen LogP contribution >= 0.6 is 22.9 Å². The van der Waals surface area contributed by atoms with Crippen LogP contribution in [0.4, 0.5) is 11.8 Å². The van der Waals surface area contributed by atoms with Gasteiger partial charge in [0.1, 0.15) is 16.0 Å². The Kier molecular flexibility index (Phi) is 4.69. The summed E-state index contributed by atoms with van der Waals surface area (Å²) < 4.78 is 1.09. The van der Waals surface area contributed by atoms with Crippen LogP contribution in [-0.2, 0) is 0 Å². The molecule has 1 aromatic carbocycles. The number of nitrogens with zero attached hydrogens (tertiary/aromatic N) is 4. The Labute approximate surface area is 160 Å². The molecule has 0 saturated heterocycles. The first-order chi connectivity index (χ1) is 12.5. The largest absolute Gasteiger partial charge is 0.391 e. The van der Waals surface area contributed by atoms with Gasteiger partial charge >= 0.3 is 0 Å². The molecule has 0 aliphatic heterocycles. The lowest BCUT2D eigenvalue weighted by molar-refractivity contribution is 0.171. The van der Waals surface area contributed by atoms with E-state index in [0.717, 1.165) is 34.5 Å². The van der Waals surface area contributed by atoms with E-state index in [9.17, 15) is 5.11 Å². The second-order valence-corrected chi connectivity index (χ2v) is 8.06. The van der Waals surface area contributed by atoms with E-state index in [4.69, 9.17) is 16.6 Å². The number of halogens is 1. The predicted octanol–water partition coefficient (Wildman–Crippen LogP) is 3.80. The molecule has 0 bridgehead atoms. The van der Waals surface area contributed by atoms with Gasteiger partial charge in [0.25, 0.3) is 0 Å². The Balaban J connectivity index is 1.83. The normalized spacial score (nSPS) is 19.8. The van der Waals surface area contributed by atoms with Crippen LogP contribution < -0.4 is 10.2 Å². The van der Waals surface area contributed by atoms with E-state index in [2.05, 4.69) is 15.3 Å². The maximum absolute atomic E-state index is 10.2. The van der Waals surface area contributed by atoms with E-state index in [0.29, 0.717) is 22.5 Å². The molecule has 0 radical (unpaired) electrons. The molecule has 1 aliphatic rings. The summed E-state index contributed by atoms with van der Waals surface area (Å²) in [6, 6.07) is 7.93. The van der Waals surface area contributed by atoms with Crippen molar-refractivity contribution in [3.05, 3.63) is 29.4 Å². The molecule has 2 N–H and O–H groups in total. The van der Waals surface area contributed by atoms with Crippen LogP contribution in [0.1, 0.15) is 19.3 Å². The van der Waals surface area contributed by atoms with Crippen molar-refractivity contribution < 1.29 is 5.11 Å². The second kappa shape index (κ2) is 6.98. The van der Waals surface area contributed by atoms with Gasteiger partial charge in [0, 0.05) is 14.1 Å². The number of thiazole rings is 1. The molecule has 1 aliphatic carbocycles. The number of benzene rings is 1. The monoisotopic (exact) mass is 389 g/mol. The van der Waals surface area contributed by atoms with E-state index < -0.39 is 0 Å². The predicted molar refractivity (Wildman–Crippen MR) is 107 cm³/mol.